The van der Waals surface area contributed by atoms with Gasteiger partial charge in [0.2, 0.25) is 11.8 Å². The molecule has 118 valence electrons. The van der Waals surface area contributed by atoms with Gasteiger partial charge >= 0.3 is 5.97 Å². The minimum atomic E-state index is -0.983. The van der Waals surface area contributed by atoms with Crippen LogP contribution in [0, 0.1) is 0 Å². The Labute approximate surface area is 129 Å². The number of rotatable bonds is 6. The largest absolute Gasteiger partial charge is 0.481 e. The predicted molar refractivity (Wildman–Crippen MR) is 80.0 cm³/mol. The lowest BCUT2D eigenvalue weighted by Gasteiger charge is -2.27. The van der Waals surface area contributed by atoms with Crippen molar-refractivity contribution in [3.8, 4) is 0 Å². The molecule has 22 heavy (non-hydrogen) atoms. The number of aliphatic carboxylic acids is 1. The molecule has 1 aromatic rings. The van der Waals surface area contributed by atoms with Crippen molar-refractivity contribution in [2.75, 3.05) is 13.1 Å². The fraction of sp³-hybridized carbons (Fsp3) is 0.438. The molecule has 0 bridgehead atoms. The minimum Gasteiger partial charge on any atom is -0.481 e. The molecule has 6 nitrogen and oxygen atoms in total. The van der Waals surface area contributed by atoms with Crippen LogP contribution in [0.5, 0.6) is 0 Å². The second-order valence-electron chi connectivity index (χ2n) is 5.40. The summed E-state index contributed by atoms with van der Waals surface area (Å²) in [6.07, 6.45) is 2.05. The molecule has 2 rings (SSSR count). The maximum atomic E-state index is 12.1. The van der Waals surface area contributed by atoms with E-state index in [2.05, 4.69) is 5.32 Å². The van der Waals surface area contributed by atoms with Crippen LogP contribution in [0.4, 0.5) is 0 Å². The van der Waals surface area contributed by atoms with Crippen LogP contribution in [0.15, 0.2) is 30.3 Å². The van der Waals surface area contributed by atoms with Gasteiger partial charge in [0.1, 0.15) is 0 Å². The Morgan fingerprint density at radius 3 is 2.59 bits per heavy atom. The number of nitrogens with one attached hydrogen (secondary N) is 1. The fourth-order valence-corrected chi connectivity index (χ4v) is 2.55. The van der Waals surface area contributed by atoms with E-state index in [0.717, 1.165) is 18.4 Å². The number of carboxylic acids is 1. The highest BCUT2D eigenvalue weighted by atomic mass is 16.4. The third kappa shape index (κ3) is 4.58. The number of likely N-dealkylation sites (tertiary alicyclic amines) is 1. The lowest BCUT2D eigenvalue weighted by atomic mass is 10.0. The Hall–Kier alpha value is -2.37. The molecule has 2 amide bonds. The van der Waals surface area contributed by atoms with Gasteiger partial charge in [0.05, 0.1) is 19.0 Å². The Morgan fingerprint density at radius 2 is 1.95 bits per heavy atom. The van der Waals surface area contributed by atoms with Crippen LogP contribution in [0.2, 0.25) is 0 Å². The van der Waals surface area contributed by atoms with Gasteiger partial charge in [-0.1, -0.05) is 30.3 Å². The highest BCUT2D eigenvalue weighted by Gasteiger charge is 2.23. The van der Waals surface area contributed by atoms with E-state index in [1.54, 1.807) is 24.3 Å². The van der Waals surface area contributed by atoms with Crippen molar-refractivity contribution in [2.24, 2.45) is 0 Å². The first-order chi connectivity index (χ1) is 10.6. The number of carbonyl (C=O) groups excluding carboxylic acids is 2. The van der Waals surface area contributed by atoms with Crippen LogP contribution >= 0.6 is 0 Å². The number of hydrogen-bond donors (Lipinski definition) is 2. The van der Waals surface area contributed by atoms with Crippen LogP contribution in [0.1, 0.15) is 37.3 Å². The van der Waals surface area contributed by atoms with Crippen molar-refractivity contribution in [1.82, 2.24) is 10.2 Å². The van der Waals surface area contributed by atoms with Crippen LogP contribution in [0.3, 0.4) is 0 Å². The number of amides is 2. The molecule has 0 aromatic heterocycles. The number of carbonyl (C=O) groups is 3. The second kappa shape index (κ2) is 7.59. The monoisotopic (exact) mass is 304 g/mol. The number of nitrogens with zero attached hydrogens (tertiary/aromatic N) is 1. The standard InChI is InChI=1S/C16H20N2O4/c19-14(11-18-9-5-4-8-15(18)20)17-13(10-16(21)22)12-6-2-1-3-7-12/h1-3,6-7,13H,4-5,8-11H2,(H,17,19)(H,21,22). The van der Waals surface area contributed by atoms with Gasteiger partial charge in [0.15, 0.2) is 0 Å². The molecule has 1 fully saturated rings. The van der Waals surface area contributed by atoms with E-state index in [0.29, 0.717) is 13.0 Å². The summed E-state index contributed by atoms with van der Waals surface area (Å²) in [5.74, 6) is -1.33. The summed E-state index contributed by atoms with van der Waals surface area (Å²) in [7, 11) is 0. The number of piperidine rings is 1. The quantitative estimate of drug-likeness (QED) is 0.830. The van der Waals surface area contributed by atoms with Crippen molar-refractivity contribution in [2.45, 2.75) is 31.7 Å². The number of hydrogen-bond acceptors (Lipinski definition) is 3. The van der Waals surface area contributed by atoms with E-state index in [-0.39, 0.29) is 24.8 Å². The summed E-state index contributed by atoms with van der Waals surface area (Å²) >= 11 is 0. The minimum absolute atomic E-state index is 0.0121. The van der Waals surface area contributed by atoms with Crippen molar-refractivity contribution in [1.29, 1.82) is 0 Å². The molecule has 0 aliphatic carbocycles. The van der Waals surface area contributed by atoms with Gasteiger partial charge in [-0.15, -0.1) is 0 Å². The zero-order chi connectivity index (χ0) is 15.9. The van der Waals surface area contributed by atoms with Crippen molar-refractivity contribution >= 4 is 17.8 Å². The van der Waals surface area contributed by atoms with E-state index in [4.69, 9.17) is 5.11 Å². The first kappa shape index (κ1) is 16.0. The fourth-order valence-electron chi connectivity index (χ4n) is 2.55. The van der Waals surface area contributed by atoms with Crippen molar-refractivity contribution in [3.63, 3.8) is 0 Å². The zero-order valence-electron chi connectivity index (χ0n) is 12.3. The van der Waals surface area contributed by atoms with E-state index in [1.165, 1.54) is 4.90 Å². The smallest absolute Gasteiger partial charge is 0.305 e. The van der Waals surface area contributed by atoms with Gasteiger partial charge in [0, 0.05) is 13.0 Å². The molecule has 1 atom stereocenters. The molecule has 1 unspecified atom stereocenters. The summed E-state index contributed by atoms with van der Waals surface area (Å²) in [6, 6.07) is 8.39. The van der Waals surface area contributed by atoms with Gasteiger partial charge in [-0.25, -0.2) is 0 Å². The molecule has 0 saturated carbocycles. The van der Waals surface area contributed by atoms with Gasteiger partial charge in [-0.2, -0.15) is 0 Å². The molecule has 1 aromatic carbocycles. The van der Waals surface area contributed by atoms with Crippen LogP contribution < -0.4 is 5.32 Å². The van der Waals surface area contributed by atoms with E-state index in [1.807, 2.05) is 6.07 Å². The lowest BCUT2D eigenvalue weighted by Crippen LogP contribution is -2.44. The Morgan fingerprint density at radius 1 is 1.23 bits per heavy atom. The molecule has 0 spiro atoms. The first-order valence-electron chi connectivity index (χ1n) is 7.40. The molecule has 1 heterocycles. The zero-order valence-corrected chi connectivity index (χ0v) is 12.3. The summed E-state index contributed by atoms with van der Waals surface area (Å²) < 4.78 is 0. The molecular weight excluding hydrogens is 284 g/mol. The summed E-state index contributed by atoms with van der Waals surface area (Å²) in [6.45, 7) is 0.572. The predicted octanol–water partition coefficient (Wildman–Crippen LogP) is 1.33. The third-order valence-electron chi connectivity index (χ3n) is 3.67. The van der Waals surface area contributed by atoms with E-state index < -0.39 is 12.0 Å². The van der Waals surface area contributed by atoms with Crippen LogP contribution in [-0.4, -0.2) is 40.9 Å². The van der Waals surface area contributed by atoms with Gasteiger partial charge in [-0.3, -0.25) is 14.4 Å². The number of carboxylic acid groups (broad SMARTS) is 1. The summed E-state index contributed by atoms with van der Waals surface area (Å²) in [4.78, 5) is 36.4. The Kier molecular flexibility index (Phi) is 5.52. The molecule has 1 aliphatic rings. The third-order valence-corrected chi connectivity index (χ3v) is 3.67. The van der Waals surface area contributed by atoms with E-state index in [9.17, 15) is 14.4 Å². The molecule has 6 heteroatoms. The van der Waals surface area contributed by atoms with Crippen LogP contribution in [0.25, 0.3) is 0 Å². The molecule has 2 N–H and O–H groups in total. The average molecular weight is 304 g/mol. The SMILES string of the molecule is O=C(O)CC(NC(=O)CN1CCCCC1=O)c1ccccc1. The summed E-state index contributed by atoms with van der Waals surface area (Å²) in [5, 5.41) is 11.7. The van der Waals surface area contributed by atoms with E-state index >= 15 is 0 Å². The molecular formula is C16H20N2O4. The highest BCUT2D eigenvalue weighted by molar-refractivity contribution is 5.85. The van der Waals surface area contributed by atoms with Gasteiger partial charge in [0.25, 0.3) is 0 Å². The Balaban J connectivity index is 1.98. The topological polar surface area (TPSA) is 86.7 Å². The molecule has 0 radical (unpaired) electrons. The van der Waals surface area contributed by atoms with Crippen molar-refractivity contribution < 1.29 is 19.5 Å². The Bertz CT molecular complexity index is 544. The normalized spacial score (nSPS) is 16.2. The maximum absolute atomic E-state index is 12.1. The summed E-state index contributed by atoms with van der Waals surface area (Å²) in [5.41, 5.74) is 0.739. The first-order valence-corrected chi connectivity index (χ1v) is 7.40. The number of benzene rings is 1. The lowest BCUT2D eigenvalue weighted by molar-refractivity contribution is -0.139. The second-order valence-corrected chi connectivity index (χ2v) is 5.40. The van der Waals surface area contributed by atoms with Crippen LogP contribution in [-0.2, 0) is 14.4 Å². The maximum Gasteiger partial charge on any atom is 0.305 e. The van der Waals surface area contributed by atoms with Gasteiger partial charge < -0.3 is 15.3 Å². The van der Waals surface area contributed by atoms with Crippen molar-refractivity contribution in [3.05, 3.63) is 35.9 Å². The average Bonchev–Trinajstić information content (AvgIpc) is 2.49. The van der Waals surface area contributed by atoms with Gasteiger partial charge in [-0.05, 0) is 18.4 Å². The molecule has 1 saturated heterocycles. The highest BCUT2D eigenvalue weighted by Crippen LogP contribution is 2.17. The molecule has 1 aliphatic heterocycles.